The largest absolute Gasteiger partial charge is 0.309 e. The lowest BCUT2D eigenvalue weighted by atomic mass is 9.61. The Labute approximate surface area is 123 Å². The molecular weight excluding hydrogens is 298 g/mol. The van der Waals surface area contributed by atoms with Gasteiger partial charge in [0.15, 0.2) is 0 Å². The Bertz CT molecular complexity index is 540. The van der Waals surface area contributed by atoms with E-state index in [0.29, 0.717) is 0 Å². The van der Waals surface area contributed by atoms with Crippen LogP contribution in [0, 0.1) is 29.1 Å². The zero-order chi connectivity index (χ0) is 12.6. The van der Waals surface area contributed by atoms with E-state index in [1.165, 1.54) is 22.9 Å². The average Bonchev–Trinajstić information content (AvgIpc) is 3.06. The monoisotopic (exact) mass is 317 g/mol. The first-order valence-electron chi connectivity index (χ1n) is 7.74. The summed E-state index contributed by atoms with van der Waals surface area (Å²) in [5.41, 5.74) is 2.25. The molecule has 0 saturated heterocycles. The summed E-state index contributed by atoms with van der Waals surface area (Å²) in [6.45, 7) is 1.04. The van der Waals surface area contributed by atoms with E-state index in [0.717, 1.165) is 41.7 Å². The van der Waals surface area contributed by atoms with Crippen LogP contribution in [0.1, 0.15) is 31.2 Å². The summed E-state index contributed by atoms with van der Waals surface area (Å²) in [4.78, 5) is 0. The molecule has 0 radical (unpaired) electrons. The molecule has 1 N–H and O–H groups in total. The molecule has 4 saturated carbocycles. The Balaban J connectivity index is 1.33. The van der Waals surface area contributed by atoms with Crippen LogP contribution in [0.4, 0.5) is 0 Å². The van der Waals surface area contributed by atoms with Gasteiger partial charge >= 0.3 is 0 Å². The van der Waals surface area contributed by atoms with Crippen molar-refractivity contribution in [3.8, 4) is 0 Å². The third-order valence-corrected chi connectivity index (χ3v) is 7.16. The molecule has 4 aliphatic carbocycles. The molecule has 0 aliphatic heterocycles. The molecule has 1 aromatic rings. The summed E-state index contributed by atoms with van der Waals surface area (Å²) in [6, 6.07) is 9.55. The summed E-state index contributed by atoms with van der Waals surface area (Å²) in [7, 11) is 0. The van der Waals surface area contributed by atoms with Crippen molar-refractivity contribution in [1.29, 1.82) is 0 Å². The van der Waals surface area contributed by atoms with Gasteiger partial charge < -0.3 is 5.32 Å². The van der Waals surface area contributed by atoms with E-state index in [2.05, 4.69) is 45.5 Å². The quantitative estimate of drug-likeness (QED) is 0.889. The van der Waals surface area contributed by atoms with E-state index in [-0.39, 0.29) is 0 Å². The molecule has 1 aromatic carbocycles. The van der Waals surface area contributed by atoms with Crippen LogP contribution in [0.3, 0.4) is 0 Å². The Hall–Kier alpha value is -0.340. The van der Waals surface area contributed by atoms with E-state index in [1.54, 1.807) is 12.8 Å². The summed E-state index contributed by atoms with van der Waals surface area (Å²) < 4.78 is 1.20. The van der Waals surface area contributed by atoms with Gasteiger partial charge in [0.2, 0.25) is 0 Å². The molecule has 2 bridgehead atoms. The second kappa shape index (κ2) is 3.65. The Kier molecular flexibility index (Phi) is 2.18. The highest BCUT2D eigenvalue weighted by Crippen LogP contribution is 2.80. The molecular formula is C17H20BrN. The van der Waals surface area contributed by atoms with Crippen LogP contribution in [0.2, 0.25) is 0 Å². The van der Waals surface area contributed by atoms with Crippen LogP contribution in [-0.4, -0.2) is 6.04 Å². The highest BCUT2D eigenvalue weighted by atomic mass is 79.9. The first-order valence-corrected chi connectivity index (χ1v) is 8.53. The van der Waals surface area contributed by atoms with Crippen LogP contribution in [-0.2, 0) is 6.54 Å². The van der Waals surface area contributed by atoms with Crippen molar-refractivity contribution in [3.63, 3.8) is 0 Å². The molecule has 2 heteroatoms. The van der Waals surface area contributed by atoms with Crippen LogP contribution in [0.25, 0.3) is 0 Å². The van der Waals surface area contributed by atoms with Gasteiger partial charge in [-0.15, -0.1) is 0 Å². The fourth-order valence-corrected chi connectivity index (χ4v) is 6.33. The van der Waals surface area contributed by atoms with E-state index < -0.39 is 0 Å². The number of fused-ring (bicyclic) bond motifs is 1. The SMILES string of the molecule is Brc1cccc(CNC2C3CC4CC5(CC25)C4C3)c1. The summed E-state index contributed by atoms with van der Waals surface area (Å²) in [5, 5.41) is 3.92. The Morgan fingerprint density at radius 1 is 1.16 bits per heavy atom. The smallest absolute Gasteiger partial charge is 0.0208 e. The zero-order valence-electron chi connectivity index (χ0n) is 11.1. The lowest BCUT2D eigenvalue weighted by molar-refractivity contribution is 0.0457. The highest BCUT2D eigenvalue weighted by Gasteiger charge is 2.75. The molecule has 0 aromatic heterocycles. The molecule has 4 fully saturated rings. The number of hydrogen-bond donors (Lipinski definition) is 1. The number of nitrogens with one attached hydrogen (secondary N) is 1. The second-order valence-corrected chi connectivity index (χ2v) is 8.30. The molecule has 4 aliphatic rings. The zero-order valence-corrected chi connectivity index (χ0v) is 12.7. The van der Waals surface area contributed by atoms with Crippen LogP contribution in [0.15, 0.2) is 28.7 Å². The third kappa shape index (κ3) is 1.45. The lowest BCUT2D eigenvalue weighted by Gasteiger charge is -2.45. The van der Waals surface area contributed by atoms with Crippen LogP contribution < -0.4 is 5.32 Å². The van der Waals surface area contributed by atoms with Gasteiger partial charge in [-0.2, -0.15) is 0 Å². The standard InChI is InChI=1S/C17H20BrN/c18-13-3-1-2-10(4-13)9-19-16-11-5-12-7-17(8-15(16)17)14(12)6-11/h1-4,11-12,14-16,19H,5-9H2. The van der Waals surface area contributed by atoms with Gasteiger partial charge in [-0.3, -0.25) is 0 Å². The molecule has 5 rings (SSSR count). The Morgan fingerprint density at radius 2 is 2.11 bits per heavy atom. The first kappa shape index (κ1) is 11.3. The van der Waals surface area contributed by atoms with Crippen LogP contribution in [0.5, 0.6) is 0 Å². The summed E-state index contributed by atoms with van der Waals surface area (Å²) in [6.07, 6.45) is 6.19. The third-order valence-electron chi connectivity index (χ3n) is 6.66. The minimum atomic E-state index is 0.822. The van der Waals surface area contributed by atoms with E-state index in [4.69, 9.17) is 0 Å². The molecule has 100 valence electrons. The molecule has 0 amide bonds. The fourth-order valence-electron chi connectivity index (χ4n) is 5.89. The maximum atomic E-state index is 3.92. The van der Waals surface area contributed by atoms with Gasteiger partial charge in [0.1, 0.15) is 0 Å². The first-order chi connectivity index (χ1) is 9.26. The summed E-state index contributed by atoms with van der Waals surface area (Å²) >= 11 is 3.57. The van der Waals surface area contributed by atoms with Gasteiger partial charge in [0, 0.05) is 17.1 Å². The number of rotatable bonds is 3. The van der Waals surface area contributed by atoms with Crippen molar-refractivity contribution in [2.24, 2.45) is 29.1 Å². The van der Waals surface area contributed by atoms with Crippen molar-refractivity contribution in [1.82, 2.24) is 5.32 Å². The van der Waals surface area contributed by atoms with Crippen molar-refractivity contribution in [2.75, 3.05) is 0 Å². The molecule has 6 atom stereocenters. The lowest BCUT2D eigenvalue weighted by Crippen LogP contribution is -2.44. The predicted octanol–water partition coefficient (Wildman–Crippen LogP) is 3.97. The second-order valence-electron chi connectivity index (χ2n) is 7.38. The van der Waals surface area contributed by atoms with E-state index in [1.807, 2.05) is 0 Å². The van der Waals surface area contributed by atoms with E-state index in [9.17, 15) is 0 Å². The number of halogens is 1. The number of benzene rings is 1. The van der Waals surface area contributed by atoms with Crippen molar-refractivity contribution in [2.45, 2.75) is 38.3 Å². The molecule has 19 heavy (non-hydrogen) atoms. The Morgan fingerprint density at radius 3 is 3.00 bits per heavy atom. The van der Waals surface area contributed by atoms with Crippen LogP contribution >= 0.6 is 15.9 Å². The van der Waals surface area contributed by atoms with Gasteiger partial charge in [-0.05, 0) is 72.5 Å². The van der Waals surface area contributed by atoms with E-state index >= 15 is 0 Å². The predicted molar refractivity (Wildman–Crippen MR) is 79.6 cm³/mol. The number of hydrogen-bond acceptors (Lipinski definition) is 1. The average molecular weight is 318 g/mol. The molecule has 1 spiro atoms. The van der Waals surface area contributed by atoms with Crippen molar-refractivity contribution < 1.29 is 0 Å². The summed E-state index contributed by atoms with van der Waals surface area (Å²) in [5.74, 6) is 4.28. The highest BCUT2D eigenvalue weighted by molar-refractivity contribution is 9.10. The topological polar surface area (TPSA) is 12.0 Å². The van der Waals surface area contributed by atoms with Gasteiger partial charge in [-0.1, -0.05) is 28.1 Å². The minimum absolute atomic E-state index is 0.822. The minimum Gasteiger partial charge on any atom is -0.309 e. The maximum absolute atomic E-state index is 3.92. The van der Waals surface area contributed by atoms with Gasteiger partial charge in [0.05, 0.1) is 0 Å². The van der Waals surface area contributed by atoms with Crippen molar-refractivity contribution in [3.05, 3.63) is 34.3 Å². The fraction of sp³-hybridized carbons (Fsp3) is 0.647. The van der Waals surface area contributed by atoms with Gasteiger partial charge in [0.25, 0.3) is 0 Å². The maximum Gasteiger partial charge on any atom is 0.0208 e. The normalized spacial score (nSPS) is 48.6. The molecule has 6 unspecified atom stereocenters. The van der Waals surface area contributed by atoms with Gasteiger partial charge in [-0.25, -0.2) is 0 Å². The van der Waals surface area contributed by atoms with Crippen molar-refractivity contribution >= 4 is 15.9 Å². The molecule has 1 nitrogen and oxygen atoms in total. The molecule has 0 heterocycles.